The minimum atomic E-state index is -3.50. The summed E-state index contributed by atoms with van der Waals surface area (Å²) >= 11 is 0. The van der Waals surface area contributed by atoms with E-state index in [9.17, 15) is 8.42 Å². The highest BCUT2D eigenvalue weighted by atomic mass is 32.2. The Balaban J connectivity index is 1.64. The Bertz CT molecular complexity index is 923. The van der Waals surface area contributed by atoms with Crippen molar-refractivity contribution in [3.05, 3.63) is 65.8 Å². The molecule has 2 heterocycles. The second-order valence-electron chi connectivity index (χ2n) is 5.31. The molecule has 3 aromatic rings. The molecular formula is C16H16N4O3S. The topological polar surface area (TPSA) is 98.0 Å². The monoisotopic (exact) mass is 344 g/mol. The molecule has 0 bridgehead atoms. The average Bonchev–Trinajstić information content (AvgIpc) is 3.03. The highest BCUT2D eigenvalue weighted by Crippen LogP contribution is 2.16. The second kappa shape index (κ2) is 6.90. The van der Waals surface area contributed by atoms with Crippen LogP contribution in [0.3, 0.4) is 0 Å². The molecule has 8 heteroatoms. The third-order valence-corrected chi connectivity index (χ3v) is 4.56. The zero-order chi connectivity index (χ0) is 17.0. The van der Waals surface area contributed by atoms with Crippen LogP contribution in [0.15, 0.2) is 53.2 Å². The van der Waals surface area contributed by atoms with Crippen LogP contribution in [0.25, 0.3) is 11.5 Å². The minimum absolute atomic E-state index is 0.0542. The van der Waals surface area contributed by atoms with Gasteiger partial charge in [-0.2, -0.15) is 0 Å². The number of rotatable bonds is 6. The van der Waals surface area contributed by atoms with Gasteiger partial charge in [-0.1, -0.05) is 29.8 Å². The number of hydrogen-bond acceptors (Lipinski definition) is 6. The molecule has 0 atom stereocenters. The van der Waals surface area contributed by atoms with Gasteiger partial charge in [0, 0.05) is 12.4 Å². The van der Waals surface area contributed by atoms with Gasteiger partial charge in [0.2, 0.25) is 21.8 Å². The smallest absolute Gasteiger partial charge is 0.249 e. The van der Waals surface area contributed by atoms with Gasteiger partial charge in [-0.05, 0) is 24.6 Å². The van der Waals surface area contributed by atoms with Crippen LogP contribution in [0, 0.1) is 6.92 Å². The zero-order valence-corrected chi connectivity index (χ0v) is 13.8. The molecule has 3 rings (SSSR count). The second-order valence-corrected chi connectivity index (χ2v) is 7.12. The number of nitrogens with one attached hydrogen (secondary N) is 1. The molecule has 0 aliphatic carbocycles. The molecule has 0 aliphatic heterocycles. The molecule has 0 fully saturated rings. The fraction of sp³-hybridized carbons (Fsp3) is 0.188. The summed E-state index contributed by atoms with van der Waals surface area (Å²) < 4.78 is 32.2. The number of pyridine rings is 1. The van der Waals surface area contributed by atoms with Gasteiger partial charge in [0.1, 0.15) is 0 Å². The molecule has 1 N–H and O–H groups in total. The Morgan fingerprint density at radius 1 is 1.17 bits per heavy atom. The van der Waals surface area contributed by atoms with Crippen LogP contribution in [-0.4, -0.2) is 23.6 Å². The van der Waals surface area contributed by atoms with Crippen LogP contribution in [0.2, 0.25) is 0 Å². The standard InChI is InChI=1S/C16H16N4O3S/c1-12-4-2-5-13(8-12)11-24(21,22)18-10-15-19-20-16(23-15)14-6-3-7-17-9-14/h2-9,18H,10-11H2,1H3. The van der Waals surface area contributed by atoms with Crippen molar-refractivity contribution in [1.29, 1.82) is 0 Å². The maximum Gasteiger partial charge on any atom is 0.249 e. The van der Waals surface area contributed by atoms with Crippen LogP contribution >= 0.6 is 0 Å². The Labute approximate surface area is 139 Å². The molecule has 124 valence electrons. The lowest BCUT2D eigenvalue weighted by molar-refractivity contribution is 0.494. The average molecular weight is 344 g/mol. The van der Waals surface area contributed by atoms with E-state index in [0.717, 1.165) is 11.1 Å². The summed E-state index contributed by atoms with van der Waals surface area (Å²) in [6, 6.07) is 10.9. The number of sulfonamides is 1. The van der Waals surface area contributed by atoms with Gasteiger partial charge in [0.05, 0.1) is 17.9 Å². The van der Waals surface area contributed by atoms with Crippen molar-refractivity contribution >= 4 is 10.0 Å². The summed E-state index contributed by atoms with van der Waals surface area (Å²) in [4.78, 5) is 3.97. The van der Waals surface area contributed by atoms with E-state index in [1.807, 2.05) is 25.1 Å². The van der Waals surface area contributed by atoms with Crippen molar-refractivity contribution in [3.8, 4) is 11.5 Å². The fourth-order valence-corrected chi connectivity index (χ4v) is 3.24. The van der Waals surface area contributed by atoms with Gasteiger partial charge >= 0.3 is 0 Å². The molecule has 0 saturated heterocycles. The maximum absolute atomic E-state index is 12.2. The molecule has 0 saturated carbocycles. The van der Waals surface area contributed by atoms with Crippen LogP contribution in [0.4, 0.5) is 0 Å². The Morgan fingerprint density at radius 3 is 2.79 bits per heavy atom. The van der Waals surface area contributed by atoms with Crippen molar-refractivity contribution in [1.82, 2.24) is 19.9 Å². The van der Waals surface area contributed by atoms with E-state index in [2.05, 4.69) is 19.9 Å². The lowest BCUT2D eigenvalue weighted by atomic mass is 10.2. The van der Waals surface area contributed by atoms with Gasteiger partial charge in [-0.15, -0.1) is 10.2 Å². The molecule has 0 aliphatic rings. The quantitative estimate of drug-likeness (QED) is 0.735. The third-order valence-electron chi connectivity index (χ3n) is 3.26. The minimum Gasteiger partial charge on any atom is -0.419 e. The maximum atomic E-state index is 12.2. The van der Waals surface area contributed by atoms with Gasteiger partial charge in [-0.3, -0.25) is 4.98 Å². The van der Waals surface area contributed by atoms with E-state index in [1.54, 1.807) is 30.6 Å². The van der Waals surface area contributed by atoms with E-state index in [-0.39, 0.29) is 18.2 Å². The van der Waals surface area contributed by atoms with Crippen molar-refractivity contribution in [2.45, 2.75) is 19.2 Å². The Hall–Kier alpha value is -2.58. The van der Waals surface area contributed by atoms with E-state index < -0.39 is 10.0 Å². The number of aromatic nitrogens is 3. The summed E-state index contributed by atoms with van der Waals surface area (Å²) in [5.74, 6) is 0.399. The number of benzene rings is 1. The van der Waals surface area contributed by atoms with E-state index in [0.29, 0.717) is 11.5 Å². The Kier molecular flexibility index (Phi) is 4.68. The first-order valence-corrected chi connectivity index (χ1v) is 8.93. The summed E-state index contributed by atoms with van der Waals surface area (Å²) in [5.41, 5.74) is 2.42. The SMILES string of the molecule is Cc1cccc(CS(=O)(=O)NCc2nnc(-c3cccnc3)o2)c1. The van der Waals surface area contributed by atoms with E-state index >= 15 is 0 Å². The van der Waals surface area contributed by atoms with Crippen LogP contribution in [0.5, 0.6) is 0 Å². The van der Waals surface area contributed by atoms with Gasteiger partial charge in [0.15, 0.2) is 0 Å². The van der Waals surface area contributed by atoms with Crippen molar-refractivity contribution in [2.24, 2.45) is 0 Å². The molecular weight excluding hydrogens is 328 g/mol. The molecule has 0 amide bonds. The lowest BCUT2D eigenvalue weighted by Crippen LogP contribution is -2.24. The third kappa shape index (κ3) is 4.24. The predicted molar refractivity (Wildman–Crippen MR) is 88.2 cm³/mol. The van der Waals surface area contributed by atoms with E-state index in [4.69, 9.17) is 4.42 Å². The normalized spacial score (nSPS) is 11.5. The first-order chi connectivity index (χ1) is 11.5. The molecule has 7 nitrogen and oxygen atoms in total. The number of nitrogens with zero attached hydrogens (tertiary/aromatic N) is 3. The molecule has 0 spiro atoms. The van der Waals surface area contributed by atoms with Crippen LogP contribution in [-0.2, 0) is 22.3 Å². The number of aryl methyl sites for hydroxylation is 1. The summed E-state index contributed by atoms with van der Waals surface area (Å²) in [6.07, 6.45) is 3.24. The lowest BCUT2D eigenvalue weighted by Gasteiger charge is -2.05. The van der Waals surface area contributed by atoms with Crippen molar-refractivity contribution in [2.75, 3.05) is 0 Å². The van der Waals surface area contributed by atoms with Gasteiger partial charge in [-0.25, -0.2) is 13.1 Å². The largest absolute Gasteiger partial charge is 0.419 e. The predicted octanol–water partition coefficient (Wildman–Crippen LogP) is 2.06. The first kappa shape index (κ1) is 16.3. The molecule has 0 radical (unpaired) electrons. The van der Waals surface area contributed by atoms with E-state index in [1.165, 1.54) is 0 Å². The molecule has 2 aromatic heterocycles. The summed E-state index contributed by atoms with van der Waals surface area (Å²) in [7, 11) is -3.50. The van der Waals surface area contributed by atoms with Gasteiger partial charge in [0.25, 0.3) is 0 Å². The molecule has 24 heavy (non-hydrogen) atoms. The molecule has 0 unspecified atom stereocenters. The highest BCUT2D eigenvalue weighted by Gasteiger charge is 2.14. The highest BCUT2D eigenvalue weighted by molar-refractivity contribution is 7.88. The van der Waals surface area contributed by atoms with Crippen LogP contribution in [0.1, 0.15) is 17.0 Å². The fourth-order valence-electron chi connectivity index (χ4n) is 2.18. The number of hydrogen-bond donors (Lipinski definition) is 1. The van der Waals surface area contributed by atoms with Crippen molar-refractivity contribution in [3.63, 3.8) is 0 Å². The van der Waals surface area contributed by atoms with Crippen molar-refractivity contribution < 1.29 is 12.8 Å². The zero-order valence-electron chi connectivity index (χ0n) is 13.0. The summed E-state index contributed by atoms with van der Waals surface area (Å²) in [5, 5.41) is 7.74. The van der Waals surface area contributed by atoms with Gasteiger partial charge < -0.3 is 4.42 Å². The molecule has 1 aromatic carbocycles. The summed E-state index contributed by atoms with van der Waals surface area (Å²) in [6.45, 7) is 1.86. The first-order valence-electron chi connectivity index (χ1n) is 7.27. The Morgan fingerprint density at radius 2 is 2.04 bits per heavy atom. The van der Waals surface area contributed by atoms with Crippen LogP contribution < -0.4 is 4.72 Å².